The van der Waals surface area contributed by atoms with E-state index in [4.69, 9.17) is 19.4 Å². The van der Waals surface area contributed by atoms with E-state index in [9.17, 15) is 4.79 Å². The molecule has 1 aromatic carbocycles. The number of nitrogens with zero attached hydrogens (tertiary/aromatic N) is 4. The lowest BCUT2D eigenvalue weighted by atomic mass is 10.2. The van der Waals surface area contributed by atoms with Crippen molar-refractivity contribution >= 4 is 18.0 Å². The smallest absolute Gasteiger partial charge is 0.290 e. The molecule has 1 N–H and O–H groups in total. The minimum Gasteiger partial charge on any atom is -0.487 e. The standard InChI is InChI=1S/C18H18N4O3.CH2O2/c23-18(21-8-10-24-11-9-21)14-4-6-16(7-5-14)25-12-15-2-1-3-17-19-13-20-22(15)17;2-1-3/h1-7,13H,8-12H2;1H,(H,2,3). The fraction of sp³-hybridized carbons (Fsp3) is 0.263. The Bertz CT molecular complexity index is 919. The molecule has 0 bridgehead atoms. The van der Waals surface area contributed by atoms with Crippen molar-refractivity contribution < 1.29 is 24.2 Å². The predicted molar refractivity (Wildman–Crippen MR) is 99.2 cm³/mol. The van der Waals surface area contributed by atoms with Gasteiger partial charge in [-0.3, -0.25) is 9.59 Å². The van der Waals surface area contributed by atoms with Crippen LogP contribution in [0.15, 0.2) is 48.8 Å². The van der Waals surface area contributed by atoms with Gasteiger partial charge >= 0.3 is 0 Å². The van der Waals surface area contributed by atoms with Crippen molar-refractivity contribution in [3.63, 3.8) is 0 Å². The zero-order chi connectivity index (χ0) is 19.8. The molecular weight excluding hydrogens is 364 g/mol. The van der Waals surface area contributed by atoms with Crippen molar-refractivity contribution in [3.05, 3.63) is 60.0 Å². The summed E-state index contributed by atoms with van der Waals surface area (Å²) in [4.78, 5) is 26.7. The first-order chi connectivity index (χ1) is 13.7. The van der Waals surface area contributed by atoms with Gasteiger partial charge in [-0.05, 0) is 36.4 Å². The Kier molecular flexibility index (Phi) is 6.53. The number of carbonyl (C=O) groups is 2. The monoisotopic (exact) mass is 384 g/mol. The molecule has 0 unspecified atom stereocenters. The van der Waals surface area contributed by atoms with Gasteiger partial charge in [0.15, 0.2) is 5.65 Å². The molecule has 146 valence electrons. The van der Waals surface area contributed by atoms with Crippen LogP contribution in [0.25, 0.3) is 5.65 Å². The van der Waals surface area contributed by atoms with Crippen molar-refractivity contribution in [1.29, 1.82) is 0 Å². The normalized spacial score (nSPS) is 13.5. The molecular formula is C19H20N4O5. The largest absolute Gasteiger partial charge is 0.487 e. The van der Waals surface area contributed by atoms with Crippen LogP contribution in [0, 0.1) is 0 Å². The number of carboxylic acid groups (broad SMARTS) is 1. The fourth-order valence-corrected chi connectivity index (χ4v) is 2.81. The molecule has 0 aliphatic carbocycles. The Hall–Kier alpha value is -3.46. The third kappa shape index (κ3) is 4.63. The van der Waals surface area contributed by atoms with Gasteiger partial charge in [-0.15, -0.1) is 0 Å². The highest BCUT2D eigenvalue weighted by Crippen LogP contribution is 2.16. The third-order valence-electron chi connectivity index (χ3n) is 4.17. The second-order valence-electron chi connectivity index (χ2n) is 5.87. The van der Waals surface area contributed by atoms with Crippen LogP contribution in [0.4, 0.5) is 0 Å². The van der Waals surface area contributed by atoms with E-state index >= 15 is 0 Å². The molecule has 0 radical (unpaired) electrons. The van der Waals surface area contributed by atoms with Gasteiger partial charge in [0.2, 0.25) is 0 Å². The number of morpholine rings is 1. The molecule has 2 aromatic heterocycles. The lowest BCUT2D eigenvalue weighted by molar-refractivity contribution is -0.122. The van der Waals surface area contributed by atoms with E-state index < -0.39 is 0 Å². The van der Waals surface area contributed by atoms with Gasteiger partial charge in [-0.1, -0.05) is 6.07 Å². The van der Waals surface area contributed by atoms with Gasteiger partial charge in [0.05, 0.1) is 18.9 Å². The number of fused-ring (bicyclic) bond motifs is 1. The molecule has 1 aliphatic rings. The van der Waals surface area contributed by atoms with E-state index in [1.165, 1.54) is 6.33 Å². The van der Waals surface area contributed by atoms with Gasteiger partial charge in [0.1, 0.15) is 18.7 Å². The van der Waals surface area contributed by atoms with Crippen molar-refractivity contribution in [2.45, 2.75) is 6.61 Å². The van der Waals surface area contributed by atoms with Gasteiger partial charge in [0, 0.05) is 18.7 Å². The Morgan fingerprint density at radius 1 is 1.18 bits per heavy atom. The van der Waals surface area contributed by atoms with E-state index in [1.807, 2.05) is 35.2 Å². The number of carbonyl (C=O) groups excluding carboxylic acids is 1. The van der Waals surface area contributed by atoms with Crippen LogP contribution >= 0.6 is 0 Å². The summed E-state index contributed by atoms with van der Waals surface area (Å²) in [6.07, 6.45) is 1.52. The maximum absolute atomic E-state index is 12.4. The molecule has 1 fully saturated rings. The average Bonchev–Trinajstić information content (AvgIpc) is 3.23. The van der Waals surface area contributed by atoms with Crippen LogP contribution in [0.2, 0.25) is 0 Å². The fourth-order valence-electron chi connectivity index (χ4n) is 2.81. The Morgan fingerprint density at radius 3 is 2.61 bits per heavy atom. The summed E-state index contributed by atoms with van der Waals surface area (Å²) >= 11 is 0. The maximum atomic E-state index is 12.4. The van der Waals surface area contributed by atoms with Crippen molar-refractivity contribution in [2.24, 2.45) is 0 Å². The summed E-state index contributed by atoms with van der Waals surface area (Å²) in [5.74, 6) is 0.734. The summed E-state index contributed by atoms with van der Waals surface area (Å²) in [6.45, 7) is 2.59. The van der Waals surface area contributed by atoms with Gasteiger partial charge in [0.25, 0.3) is 12.4 Å². The van der Waals surface area contributed by atoms with Crippen LogP contribution in [0.5, 0.6) is 5.75 Å². The number of amides is 1. The van der Waals surface area contributed by atoms with Crippen LogP contribution in [0.1, 0.15) is 16.1 Å². The highest BCUT2D eigenvalue weighted by Gasteiger charge is 2.18. The molecule has 4 rings (SSSR count). The Labute approximate surface area is 161 Å². The van der Waals surface area contributed by atoms with Crippen LogP contribution < -0.4 is 4.74 Å². The minimum absolute atomic E-state index is 0.0298. The summed E-state index contributed by atoms with van der Waals surface area (Å²) in [7, 11) is 0. The number of benzene rings is 1. The second kappa shape index (κ2) is 9.47. The van der Waals surface area contributed by atoms with Gasteiger partial charge in [-0.25, -0.2) is 9.50 Å². The number of pyridine rings is 1. The Morgan fingerprint density at radius 2 is 1.89 bits per heavy atom. The molecule has 3 heterocycles. The topological polar surface area (TPSA) is 106 Å². The van der Waals surface area contributed by atoms with E-state index in [1.54, 1.807) is 16.6 Å². The molecule has 1 saturated heterocycles. The number of hydrogen-bond acceptors (Lipinski definition) is 6. The lowest BCUT2D eigenvalue weighted by Gasteiger charge is -2.26. The van der Waals surface area contributed by atoms with E-state index in [0.29, 0.717) is 44.2 Å². The van der Waals surface area contributed by atoms with E-state index in [-0.39, 0.29) is 12.4 Å². The SMILES string of the molecule is O=C(c1ccc(OCc2cccc3ncnn23)cc1)N1CCOCC1.O=CO. The summed E-state index contributed by atoms with van der Waals surface area (Å²) in [5.41, 5.74) is 2.35. The first-order valence-electron chi connectivity index (χ1n) is 8.68. The van der Waals surface area contributed by atoms with Crippen LogP contribution in [-0.4, -0.2) is 63.3 Å². The zero-order valence-electron chi connectivity index (χ0n) is 15.1. The summed E-state index contributed by atoms with van der Waals surface area (Å²) in [6, 6.07) is 13.0. The molecule has 9 nitrogen and oxygen atoms in total. The predicted octanol–water partition coefficient (Wildman–Crippen LogP) is 1.48. The second-order valence-corrected chi connectivity index (χ2v) is 5.87. The third-order valence-corrected chi connectivity index (χ3v) is 4.17. The van der Waals surface area contributed by atoms with Crippen LogP contribution in [0.3, 0.4) is 0 Å². The molecule has 3 aromatic rings. The van der Waals surface area contributed by atoms with Crippen molar-refractivity contribution in [3.8, 4) is 5.75 Å². The number of hydrogen-bond donors (Lipinski definition) is 1. The molecule has 9 heteroatoms. The molecule has 1 aliphatic heterocycles. The maximum Gasteiger partial charge on any atom is 0.290 e. The molecule has 1 amide bonds. The number of rotatable bonds is 4. The summed E-state index contributed by atoms with van der Waals surface area (Å²) in [5, 5.41) is 11.1. The molecule has 0 atom stereocenters. The van der Waals surface area contributed by atoms with Gasteiger partial charge in [-0.2, -0.15) is 5.10 Å². The highest BCUT2D eigenvalue weighted by molar-refractivity contribution is 5.94. The number of aromatic nitrogens is 3. The lowest BCUT2D eigenvalue weighted by Crippen LogP contribution is -2.40. The minimum atomic E-state index is -0.250. The molecule has 28 heavy (non-hydrogen) atoms. The first kappa shape index (κ1) is 19.3. The zero-order valence-corrected chi connectivity index (χ0v) is 15.1. The van der Waals surface area contributed by atoms with Crippen molar-refractivity contribution in [1.82, 2.24) is 19.5 Å². The van der Waals surface area contributed by atoms with Crippen LogP contribution in [-0.2, 0) is 16.1 Å². The summed E-state index contributed by atoms with van der Waals surface area (Å²) < 4.78 is 12.8. The molecule has 0 saturated carbocycles. The highest BCUT2D eigenvalue weighted by atomic mass is 16.5. The Balaban J connectivity index is 0.000000706. The first-order valence-corrected chi connectivity index (χ1v) is 8.68. The van der Waals surface area contributed by atoms with E-state index in [2.05, 4.69) is 10.1 Å². The molecule has 0 spiro atoms. The van der Waals surface area contributed by atoms with Crippen molar-refractivity contribution in [2.75, 3.05) is 26.3 Å². The average molecular weight is 384 g/mol. The van der Waals surface area contributed by atoms with Gasteiger partial charge < -0.3 is 19.5 Å². The van der Waals surface area contributed by atoms with E-state index in [0.717, 1.165) is 11.3 Å². The number of ether oxygens (including phenoxy) is 2. The quantitative estimate of drug-likeness (QED) is 0.679.